The van der Waals surface area contributed by atoms with Crippen LogP contribution in [0.1, 0.15) is 29.8 Å². The Labute approximate surface area is 176 Å². The summed E-state index contributed by atoms with van der Waals surface area (Å²) < 4.78 is 5.55. The van der Waals surface area contributed by atoms with Gasteiger partial charge < -0.3 is 15.0 Å². The van der Waals surface area contributed by atoms with E-state index < -0.39 is 0 Å². The maximum atomic E-state index is 12.5. The molecular formula is C19H19Cl2N3O3S. The van der Waals surface area contributed by atoms with E-state index in [9.17, 15) is 9.59 Å². The highest BCUT2D eigenvalue weighted by molar-refractivity contribution is 7.15. The van der Waals surface area contributed by atoms with Crippen molar-refractivity contribution in [2.75, 3.05) is 18.5 Å². The fraction of sp³-hybridized carbons (Fsp3) is 0.421. The normalized spacial score (nSPS) is 16.3. The number of ether oxygens (including phenoxy) is 1. The zero-order chi connectivity index (χ0) is 19.7. The first-order valence-electron chi connectivity index (χ1n) is 9.14. The van der Waals surface area contributed by atoms with E-state index in [1.54, 1.807) is 23.1 Å². The minimum Gasteiger partial charge on any atom is -0.482 e. The van der Waals surface area contributed by atoms with Gasteiger partial charge in [-0.3, -0.25) is 9.59 Å². The van der Waals surface area contributed by atoms with Gasteiger partial charge in [-0.25, -0.2) is 4.98 Å². The average Bonchev–Trinajstić information content (AvgIpc) is 3.00. The third-order valence-corrected chi connectivity index (χ3v) is 6.56. The van der Waals surface area contributed by atoms with Gasteiger partial charge in [-0.05, 0) is 31.0 Å². The Morgan fingerprint density at radius 1 is 1.32 bits per heavy atom. The van der Waals surface area contributed by atoms with E-state index in [1.807, 2.05) is 0 Å². The summed E-state index contributed by atoms with van der Waals surface area (Å²) in [4.78, 5) is 31.9. The van der Waals surface area contributed by atoms with Crippen molar-refractivity contribution in [1.82, 2.24) is 9.88 Å². The van der Waals surface area contributed by atoms with Crippen LogP contribution in [0.5, 0.6) is 5.75 Å². The zero-order valence-corrected chi connectivity index (χ0v) is 17.4. The number of halogens is 2. The quantitative estimate of drug-likeness (QED) is 0.758. The van der Waals surface area contributed by atoms with Gasteiger partial charge in [0.15, 0.2) is 11.7 Å². The molecule has 148 valence electrons. The highest BCUT2D eigenvalue weighted by atomic mass is 35.5. The number of amides is 2. The molecule has 0 radical (unpaired) electrons. The predicted molar refractivity (Wildman–Crippen MR) is 109 cm³/mol. The summed E-state index contributed by atoms with van der Waals surface area (Å²) in [5.41, 5.74) is 0.958. The summed E-state index contributed by atoms with van der Waals surface area (Å²) in [5, 5.41) is 4.43. The van der Waals surface area contributed by atoms with E-state index in [1.165, 1.54) is 11.3 Å². The Morgan fingerprint density at radius 2 is 2.14 bits per heavy atom. The van der Waals surface area contributed by atoms with Crippen molar-refractivity contribution >= 4 is 51.5 Å². The van der Waals surface area contributed by atoms with Gasteiger partial charge in [0.1, 0.15) is 5.75 Å². The molecule has 1 N–H and O–H groups in total. The van der Waals surface area contributed by atoms with Gasteiger partial charge in [0.2, 0.25) is 5.91 Å². The van der Waals surface area contributed by atoms with Gasteiger partial charge in [-0.15, -0.1) is 0 Å². The second kappa shape index (κ2) is 8.27. The molecule has 2 amide bonds. The van der Waals surface area contributed by atoms with E-state index in [0.717, 1.165) is 29.8 Å². The van der Waals surface area contributed by atoms with Gasteiger partial charge in [0.25, 0.3) is 5.91 Å². The minimum atomic E-state index is -0.120. The molecule has 28 heavy (non-hydrogen) atoms. The maximum absolute atomic E-state index is 12.5. The third kappa shape index (κ3) is 4.26. The monoisotopic (exact) mass is 439 g/mol. The Bertz CT molecular complexity index is 914. The molecule has 6 nitrogen and oxygen atoms in total. The van der Waals surface area contributed by atoms with Crippen LogP contribution in [-0.4, -0.2) is 34.8 Å². The summed E-state index contributed by atoms with van der Waals surface area (Å²) >= 11 is 13.4. The molecule has 0 spiro atoms. The number of aromatic nitrogens is 1. The van der Waals surface area contributed by atoms with Gasteiger partial charge in [0, 0.05) is 28.8 Å². The van der Waals surface area contributed by atoms with E-state index >= 15 is 0 Å². The Morgan fingerprint density at radius 3 is 2.86 bits per heavy atom. The van der Waals surface area contributed by atoms with Gasteiger partial charge >= 0.3 is 0 Å². The third-order valence-electron chi connectivity index (χ3n) is 5.04. The van der Waals surface area contributed by atoms with Crippen molar-refractivity contribution in [3.63, 3.8) is 0 Å². The molecule has 9 heteroatoms. The lowest BCUT2D eigenvalue weighted by atomic mass is 9.85. The van der Waals surface area contributed by atoms with Crippen LogP contribution >= 0.6 is 34.5 Å². The van der Waals surface area contributed by atoms with Gasteiger partial charge in [-0.1, -0.05) is 41.0 Å². The first kappa shape index (κ1) is 19.5. The highest BCUT2D eigenvalue weighted by Crippen LogP contribution is 2.32. The molecule has 1 aromatic carbocycles. The molecule has 1 fully saturated rings. The minimum absolute atomic E-state index is 0.0542. The molecule has 1 aliphatic heterocycles. The summed E-state index contributed by atoms with van der Waals surface area (Å²) in [5.74, 6) is 0.482. The van der Waals surface area contributed by atoms with Crippen LogP contribution in [0.2, 0.25) is 10.0 Å². The fourth-order valence-electron chi connectivity index (χ4n) is 3.16. The van der Waals surface area contributed by atoms with Crippen LogP contribution in [0.15, 0.2) is 18.2 Å². The number of nitrogens with one attached hydrogen (secondary N) is 1. The molecule has 0 saturated heterocycles. The molecule has 2 aromatic rings. The summed E-state index contributed by atoms with van der Waals surface area (Å²) in [6.45, 7) is 0.951. The van der Waals surface area contributed by atoms with E-state index in [4.69, 9.17) is 27.9 Å². The number of thiazole rings is 1. The Balaban J connectivity index is 1.34. The summed E-state index contributed by atoms with van der Waals surface area (Å²) in [7, 11) is 0. The van der Waals surface area contributed by atoms with Crippen LogP contribution in [0, 0.1) is 5.92 Å². The molecule has 1 aromatic heterocycles. The van der Waals surface area contributed by atoms with E-state index in [0.29, 0.717) is 40.4 Å². The lowest BCUT2D eigenvalue weighted by molar-refractivity contribution is -0.134. The molecule has 1 aliphatic carbocycles. The number of fused-ring (bicyclic) bond motifs is 1. The number of anilines is 1. The molecule has 0 unspecified atom stereocenters. The van der Waals surface area contributed by atoms with Crippen molar-refractivity contribution in [1.29, 1.82) is 0 Å². The number of rotatable bonds is 5. The topological polar surface area (TPSA) is 71.5 Å². The van der Waals surface area contributed by atoms with Crippen molar-refractivity contribution in [3.8, 4) is 5.75 Å². The highest BCUT2D eigenvalue weighted by Gasteiger charge is 2.28. The number of hydrogen-bond acceptors (Lipinski definition) is 5. The van der Waals surface area contributed by atoms with Crippen LogP contribution in [-0.2, 0) is 22.6 Å². The largest absolute Gasteiger partial charge is 0.482 e. The molecule has 0 atom stereocenters. The number of carbonyl (C=O) groups is 2. The van der Waals surface area contributed by atoms with Crippen LogP contribution in [0.25, 0.3) is 0 Å². The number of nitrogens with zero attached hydrogens (tertiary/aromatic N) is 2. The van der Waals surface area contributed by atoms with Crippen molar-refractivity contribution < 1.29 is 14.3 Å². The smallest absolute Gasteiger partial charge is 0.260 e. The van der Waals surface area contributed by atoms with Gasteiger partial charge in [-0.2, -0.15) is 0 Å². The maximum Gasteiger partial charge on any atom is 0.260 e. The molecule has 0 bridgehead atoms. The van der Waals surface area contributed by atoms with Crippen LogP contribution in [0.3, 0.4) is 0 Å². The number of benzene rings is 1. The van der Waals surface area contributed by atoms with Crippen LogP contribution in [0.4, 0.5) is 5.13 Å². The predicted octanol–water partition coefficient (Wildman–Crippen LogP) is 4.15. The zero-order valence-electron chi connectivity index (χ0n) is 15.0. The average molecular weight is 440 g/mol. The van der Waals surface area contributed by atoms with Gasteiger partial charge in [0.05, 0.1) is 17.3 Å². The molecule has 4 rings (SSSR count). The number of hydrogen-bond donors (Lipinski definition) is 1. The Hall–Kier alpha value is -1.83. The second-order valence-corrected chi connectivity index (χ2v) is 8.86. The fourth-order valence-corrected chi connectivity index (χ4v) is 4.65. The van der Waals surface area contributed by atoms with E-state index in [2.05, 4.69) is 10.3 Å². The molecule has 2 heterocycles. The molecule has 2 aliphatic rings. The summed E-state index contributed by atoms with van der Waals surface area (Å²) in [6.07, 6.45) is 3.69. The first-order chi connectivity index (χ1) is 13.5. The summed E-state index contributed by atoms with van der Waals surface area (Å²) in [6, 6.07) is 4.89. The first-order valence-corrected chi connectivity index (χ1v) is 10.7. The lowest BCUT2D eigenvalue weighted by Crippen LogP contribution is -2.38. The van der Waals surface area contributed by atoms with Crippen molar-refractivity contribution in [2.24, 2.45) is 5.92 Å². The Kier molecular flexibility index (Phi) is 5.75. The van der Waals surface area contributed by atoms with Crippen molar-refractivity contribution in [2.45, 2.75) is 32.2 Å². The second-order valence-electron chi connectivity index (χ2n) is 6.93. The molecule has 1 saturated carbocycles. The lowest BCUT2D eigenvalue weighted by Gasteiger charge is -2.26. The van der Waals surface area contributed by atoms with Crippen molar-refractivity contribution in [3.05, 3.63) is 38.8 Å². The molecular weight excluding hydrogens is 421 g/mol. The number of carbonyl (C=O) groups excluding carboxylic acids is 2. The van der Waals surface area contributed by atoms with E-state index in [-0.39, 0.29) is 24.3 Å². The standard InChI is InChI=1S/C19H19Cl2N3O3S/c20-12-4-5-15(13(21)8-12)27-10-17(25)24-7-6-14-16(9-24)28-19(22-14)23-18(26)11-2-1-3-11/h4-5,8,11H,1-3,6-7,9-10H2,(H,22,23,26). The van der Waals surface area contributed by atoms with Crippen LogP contribution < -0.4 is 10.1 Å². The SMILES string of the molecule is O=C(Nc1nc2c(s1)CN(C(=O)COc1ccc(Cl)cc1Cl)CC2)C1CCC1.